The summed E-state index contributed by atoms with van der Waals surface area (Å²) in [7, 11) is 0. The Bertz CT molecular complexity index is 645. The maximum Gasteiger partial charge on any atom is 0.251 e. The minimum absolute atomic E-state index is 0.0535. The van der Waals surface area contributed by atoms with E-state index in [9.17, 15) is 9.59 Å². The molecule has 34 heavy (non-hydrogen) atoms. The van der Waals surface area contributed by atoms with Crippen molar-refractivity contribution in [1.82, 2.24) is 10.6 Å². The van der Waals surface area contributed by atoms with Gasteiger partial charge >= 0.3 is 0 Å². The molecule has 0 spiro atoms. The van der Waals surface area contributed by atoms with E-state index in [1.165, 1.54) is 83.5 Å². The van der Waals surface area contributed by atoms with E-state index < -0.39 is 0 Å². The van der Waals surface area contributed by atoms with Crippen molar-refractivity contribution in [3.8, 4) is 0 Å². The van der Waals surface area contributed by atoms with Gasteiger partial charge in [-0.25, -0.2) is 0 Å². The number of hydrogen-bond donors (Lipinski definition) is 3. The Morgan fingerprint density at radius 2 is 1.24 bits per heavy atom. The zero-order chi connectivity index (χ0) is 24.9. The van der Waals surface area contributed by atoms with Crippen LogP contribution >= 0.6 is 0 Å². The molecule has 0 aromatic heterocycles. The molecule has 1 unspecified atom stereocenters. The highest BCUT2D eigenvalue weighted by Gasteiger charge is 2.09. The smallest absolute Gasteiger partial charge is 0.251 e. The second-order valence-corrected chi connectivity index (χ2v) is 9.68. The molecule has 0 aliphatic carbocycles. The van der Waals surface area contributed by atoms with E-state index in [0.717, 1.165) is 19.4 Å². The number of amides is 2. The molecule has 3 N–H and O–H groups in total. The van der Waals surface area contributed by atoms with Crippen LogP contribution in [-0.2, 0) is 4.79 Å². The normalized spacial score (nSPS) is 11.9. The molecule has 1 aromatic rings. The highest BCUT2D eigenvalue weighted by molar-refractivity contribution is 5.96. The van der Waals surface area contributed by atoms with Gasteiger partial charge in [0.05, 0.1) is 6.54 Å². The molecule has 1 atom stereocenters. The van der Waals surface area contributed by atoms with Crippen molar-refractivity contribution in [2.75, 3.05) is 18.4 Å². The van der Waals surface area contributed by atoms with Crippen molar-refractivity contribution >= 4 is 17.5 Å². The number of nitrogens with one attached hydrogen (secondary N) is 3. The SMILES string of the molecule is CCCCCCCCCCCCCCCCNCC(=O)Nc1ccc(C(=O)NC(C)CC)cc1. The van der Waals surface area contributed by atoms with Crippen molar-refractivity contribution in [2.24, 2.45) is 0 Å². The first-order chi connectivity index (χ1) is 16.6. The van der Waals surface area contributed by atoms with Gasteiger partial charge in [-0.15, -0.1) is 0 Å². The molecular formula is C29H51N3O2. The summed E-state index contributed by atoms with van der Waals surface area (Å²) < 4.78 is 0. The second-order valence-electron chi connectivity index (χ2n) is 9.68. The van der Waals surface area contributed by atoms with Crippen molar-refractivity contribution in [2.45, 2.75) is 123 Å². The first-order valence-corrected chi connectivity index (χ1v) is 14.0. The largest absolute Gasteiger partial charge is 0.350 e. The van der Waals surface area contributed by atoms with Crippen LogP contribution in [0.25, 0.3) is 0 Å². The molecule has 0 radical (unpaired) electrons. The van der Waals surface area contributed by atoms with E-state index in [1.54, 1.807) is 24.3 Å². The van der Waals surface area contributed by atoms with Gasteiger partial charge in [-0.2, -0.15) is 0 Å². The van der Waals surface area contributed by atoms with Crippen LogP contribution in [0.5, 0.6) is 0 Å². The number of rotatable bonds is 21. The monoisotopic (exact) mass is 473 g/mol. The van der Waals surface area contributed by atoms with Gasteiger partial charge in [-0.3, -0.25) is 9.59 Å². The minimum atomic E-state index is -0.0814. The fourth-order valence-corrected chi connectivity index (χ4v) is 3.97. The van der Waals surface area contributed by atoms with Crippen LogP contribution in [0.15, 0.2) is 24.3 Å². The summed E-state index contributed by atoms with van der Waals surface area (Å²) in [6, 6.07) is 7.19. The molecule has 0 aliphatic heterocycles. The van der Waals surface area contributed by atoms with Gasteiger partial charge in [-0.1, -0.05) is 97.3 Å². The minimum Gasteiger partial charge on any atom is -0.350 e. The van der Waals surface area contributed by atoms with Gasteiger partial charge in [0.25, 0.3) is 5.91 Å². The summed E-state index contributed by atoms with van der Waals surface area (Å²) in [5, 5.41) is 9.05. The summed E-state index contributed by atoms with van der Waals surface area (Å²) in [5.41, 5.74) is 1.32. The van der Waals surface area contributed by atoms with Crippen molar-refractivity contribution in [3.05, 3.63) is 29.8 Å². The second kappa shape index (κ2) is 20.5. The van der Waals surface area contributed by atoms with E-state index in [1.807, 2.05) is 13.8 Å². The van der Waals surface area contributed by atoms with Gasteiger partial charge in [0, 0.05) is 17.3 Å². The number of unbranched alkanes of at least 4 members (excludes halogenated alkanes) is 13. The number of anilines is 1. The molecule has 0 heterocycles. The van der Waals surface area contributed by atoms with Crippen LogP contribution in [0, 0.1) is 0 Å². The van der Waals surface area contributed by atoms with E-state index in [2.05, 4.69) is 22.9 Å². The highest BCUT2D eigenvalue weighted by Crippen LogP contribution is 2.13. The fourth-order valence-electron chi connectivity index (χ4n) is 3.97. The summed E-state index contributed by atoms with van der Waals surface area (Å²) in [6.45, 7) is 7.49. The van der Waals surface area contributed by atoms with Crippen LogP contribution in [0.4, 0.5) is 5.69 Å². The van der Waals surface area contributed by atoms with Crippen molar-refractivity contribution in [1.29, 1.82) is 0 Å². The number of carbonyl (C=O) groups excluding carboxylic acids is 2. The molecule has 5 heteroatoms. The maximum atomic E-state index is 12.1. The molecule has 0 bridgehead atoms. The van der Waals surface area contributed by atoms with E-state index >= 15 is 0 Å². The van der Waals surface area contributed by atoms with E-state index in [4.69, 9.17) is 0 Å². The lowest BCUT2D eigenvalue weighted by atomic mass is 10.0. The van der Waals surface area contributed by atoms with Crippen molar-refractivity contribution < 1.29 is 9.59 Å². The standard InChI is InChI=1S/C29H51N3O2/c1-4-6-7-8-9-10-11-12-13-14-15-16-17-18-23-30-24-28(33)32-27-21-19-26(20-22-27)29(34)31-25(3)5-2/h19-22,25,30H,4-18,23-24H2,1-3H3,(H,31,34)(H,32,33). The Kier molecular flexibility index (Phi) is 18.2. The zero-order valence-electron chi connectivity index (χ0n) is 22.2. The lowest BCUT2D eigenvalue weighted by Gasteiger charge is -2.12. The molecule has 194 valence electrons. The molecule has 0 saturated heterocycles. The van der Waals surface area contributed by atoms with Crippen LogP contribution in [-0.4, -0.2) is 30.9 Å². The first kappa shape index (κ1) is 30.2. The third-order valence-corrected chi connectivity index (χ3v) is 6.41. The van der Waals surface area contributed by atoms with Gasteiger partial charge in [0.1, 0.15) is 0 Å². The van der Waals surface area contributed by atoms with Gasteiger partial charge in [-0.05, 0) is 50.6 Å². The molecule has 1 aromatic carbocycles. The van der Waals surface area contributed by atoms with Crippen LogP contribution in [0.3, 0.4) is 0 Å². The third kappa shape index (κ3) is 15.9. The summed E-state index contributed by atoms with van der Waals surface area (Å²) in [4.78, 5) is 24.2. The van der Waals surface area contributed by atoms with Gasteiger partial charge in [0.15, 0.2) is 0 Å². The van der Waals surface area contributed by atoms with Crippen LogP contribution in [0.1, 0.15) is 127 Å². The molecule has 0 fully saturated rings. The Balaban J connectivity index is 1.96. The molecule has 1 rings (SSSR count). The van der Waals surface area contributed by atoms with Gasteiger partial charge < -0.3 is 16.0 Å². The Hall–Kier alpha value is -1.88. The number of carbonyl (C=O) groups is 2. The lowest BCUT2D eigenvalue weighted by molar-refractivity contribution is -0.115. The molecule has 0 saturated carbocycles. The Morgan fingerprint density at radius 3 is 1.74 bits per heavy atom. The topological polar surface area (TPSA) is 70.2 Å². The van der Waals surface area contributed by atoms with Crippen LogP contribution in [0.2, 0.25) is 0 Å². The van der Waals surface area contributed by atoms with E-state index in [-0.39, 0.29) is 17.9 Å². The molecule has 0 aliphatic rings. The average Bonchev–Trinajstić information content (AvgIpc) is 2.84. The Morgan fingerprint density at radius 1 is 0.735 bits per heavy atom. The summed E-state index contributed by atoms with van der Waals surface area (Å²) in [6.07, 6.45) is 19.9. The first-order valence-electron chi connectivity index (χ1n) is 14.0. The Labute approximate surface area is 209 Å². The van der Waals surface area contributed by atoms with Gasteiger partial charge in [0.2, 0.25) is 5.91 Å². The molecular weight excluding hydrogens is 422 g/mol. The lowest BCUT2D eigenvalue weighted by Crippen LogP contribution is -2.32. The number of hydrogen-bond acceptors (Lipinski definition) is 3. The summed E-state index contributed by atoms with van der Waals surface area (Å²) in [5.74, 6) is -0.135. The van der Waals surface area contributed by atoms with Crippen LogP contribution < -0.4 is 16.0 Å². The highest BCUT2D eigenvalue weighted by atomic mass is 16.2. The average molecular weight is 474 g/mol. The van der Waals surface area contributed by atoms with E-state index in [0.29, 0.717) is 17.8 Å². The van der Waals surface area contributed by atoms with Crippen molar-refractivity contribution in [3.63, 3.8) is 0 Å². The maximum absolute atomic E-state index is 12.1. The predicted molar refractivity (Wildman–Crippen MR) is 145 cm³/mol. The molecule has 5 nitrogen and oxygen atoms in total. The summed E-state index contributed by atoms with van der Waals surface area (Å²) >= 11 is 0. The predicted octanol–water partition coefficient (Wildman–Crippen LogP) is 7.22. The third-order valence-electron chi connectivity index (χ3n) is 6.41. The number of benzene rings is 1. The molecule has 2 amide bonds. The quantitative estimate of drug-likeness (QED) is 0.165. The fraction of sp³-hybridized carbons (Fsp3) is 0.724. The zero-order valence-corrected chi connectivity index (χ0v) is 22.2.